The molecule has 1 aromatic heterocycles. The second kappa shape index (κ2) is 7.78. The number of hydrogen-bond acceptors (Lipinski definition) is 6. The molecule has 1 aliphatic heterocycles. The highest BCUT2D eigenvalue weighted by atomic mass is 16.5. The predicted molar refractivity (Wildman–Crippen MR) is 80.5 cm³/mol. The summed E-state index contributed by atoms with van der Waals surface area (Å²) >= 11 is 0. The highest BCUT2D eigenvalue weighted by molar-refractivity contribution is 5.81. The third-order valence-electron chi connectivity index (χ3n) is 3.29. The third kappa shape index (κ3) is 4.56. The number of carbonyl (C=O) groups is 1. The van der Waals surface area contributed by atoms with E-state index in [4.69, 9.17) is 4.74 Å². The Morgan fingerprint density at radius 3 is 2.90 bits per heavy atom. The zero-order valence-corrected chi connectivity index (χ0v) is 12.7. The van der Waals surface area contributed by atoms with Crippen LogP contribution in [0.25, 0.3) is 0 Å². The van der Waals surface area contributed by atoms with E-state index in [0.29, 0.717) is 24.8 Å². The van der Waals surface area contributed by atoms with Crippen LogP contribution >= 0.6 is 0 Å². The summed E-state index contributed by atoms with van der Waals surface area (Å²) in [5.41, 5.74) is 0. The minimum absolute atomic E-state index is 0.112. The molecule has 1 aliphatic rings. The predicted octanol–water partition coefficient (Wildman–Crippen LogP) is 0.133. The molecule has 21 heavy (non-hydrogen) atoms. The summed E-state index contributed by atoms with van der Waals surface area (Å²) in [5, 5.41) is 3.24. The fraction of sp³-hybridized carbons (Fsp3) is 0.643. The Morgan fingerprint density at radius 2 is 2.19 bits per heavy atom. The Morgan fingerprint density at radius 1 is 1.43 bits per heavy atom. The largest absolute Gasteiger partial charge is 0.477 e. The molecule has 0 aliphatic carbocycles. The number of likely N-dealkylation sites (N-methyl/N-ethyl adjacent to an activating group) is 1. The second-order valence-electron chi connectivity index (χ2n) is 5.05. The van der Waals surface area contributed by atoms with E-state index in [1.165, 1.54) is 0 Å². The molecule has 116 valence electrons. The van der Waals surface area contributed by atoms with Crippen molar-refractivity contribution in [3.8, 4) is 5.88 Å². The monoisotopic (exact) mass is 293 g/mol. The van der Waals surface area contributed by atoms with Gasteiger partial charge in [0.1, 0.15) is 0 Å². The topological polar surface area (TPSA) is 70.6 Å². The Hall–Kier alpha value is -1.89. The van der Waals surface area contributed by atoms with Gasteiger partial charge in [0.25, 0.3) is 0 Å². The van der Waals surface area contributed by atoms with Crippen LogP contribution in [-0.4, -0.2) is 67.2 Å². The van der Waals surface area contributed by atoms with Gasteiger partial charge in [-0.15, -0.1) is 0 Å². The van der Waals surface area contributed by atoms with E-state index < -0.39 is 0 Å². The van der Waals surface area contributed by atoms with Crippen molar-refractivity contribution in [3.05, 3.63) is 12.4 Å². The molecule has 1 aromatic rings. The lowest BCUT2D eigenvalue weighted by atomic mass is 10.3. The van der Waals surface area contributed by atoms with Gasteiger partial charge in [-0.05, 0) is 6.42 Å². The molecule has 0 bridgehead atoms. The SMILES string of the molecule is CCCOc1cncc(N(C)CC(=O)N2CCNCC2)n1. The van der Waals surface area contributed by atoms with Gasteiger partial charge in [0.2, 0.25) is 11.8 Å². The van der Waals surface area contributed by atoms with Crippen molar-refractivity contribution in [2.45, 2.75) is 13.3 Å². The summed E-state index contributed by atoms with van der Waals surface area (Å²) in [6.07, 6.45) is 4.15. The lowest BCUT2D eigenvalue weighted by molar-refractivity contribution is -0.130. The number of piperazine rings is 1. The van der Waals surface area contributed by atoms with Crippen molar-refractivity contribution in [3.63, 3.8) is 0 Å². The highest BCUT2D eigenvalue weighted by Gasteiger charge is 2.18. The van der Waals surface area contributed by atoms with Crippen LogP contribution in [0.4, 0.5) is 5.82 Å². The average molecular weight is 293 g/mol. The summed E-state index contributed by atoms with van der Waals surface area (Å²) in [4.78, 5) is 24.4. The van der Waals surface area contributed by atoms with Crippen molar-refractivity contribution in [1.82, 2.24) is 20.2 Å². The number of nitrogens with zero attached hydrogens (tertiary/aromatic N) is 4. The molecule has 7 heteroatoms. The second-order valence-corrected chi connectivity index (χ2v) is 5.05. The molecule has 0 unspecified atom stereocenters. The van der Waals surface area contributed by atoms with Gasteiger partial charge in [-0.25, -0.2) is 0 Å². The average Bonchev–Trinajstić information content (AvgIpc) is 2.54. The Kier molecular flexibility index (Phi) is 5.74. The molecule has 1 N–H and O–H groups in total. The van der Waals surface area contributed by atoms with Crippen LogP contribution in [-0.2, 0) is 4.79 Å². The van der Waals surface area contributed by atoms with Crippen LogP contribution in [0.3, 0.4) is 0 Å². The minimum atomic E-state index is 0.112. The summed E-state index contributed by atoms with van der Waals surface area (Å²) in [5.74, 6) is 1.25. The maximum absolute atomic E-state index is 12.2. The molecular weight excluding hydrogens is 270 g/mol. The molecule has 0 aromatic carbocycles. The van der Waals surface area contributed by atoms with Crippen molar-refractivity contribution in [1.29, 1.82) is 0 Å². The van der Waals surface area contributed by atoms with Crippen molar-refractivity contribution in [2.75, 3.05) is 51.3 Å². The summed E-state index contributed by atoms with van der Waals surface area (Å²) in [7, 11) is 1.84. The van der Waals surface area contributed by atoms with Gasteiger partial charge < -0.3 is 19.9 Å². The maximum atomic E-state index is 12.2. The van der Waals surface area contributed by atoms with Crippen LogP contribution in [0.1, 0.15) is 13.3 Å². The van der Waals surface area contributed by atoms with Crippen molar-refractivity contribution >= 4 is 11.7 Å². The van der Waals surface area contributed by atoms with Crippen LogP contribution in [0.15, 0.2) is 12.4 Å². The van der Waals surface area contributed by atoms with E-state index >= 15 is 0 Å². The number of amides is 1. The van der Waals surface area contributed by atoms with Crippen LogP contribution in [0.2, 0.25) is 0 Å². The number of rotatable bonds is 6. The van der Waals surface area contributed by atoms with Crippen molar-refractivity contribution < 1.29 is 9.53 Å². The first-order valence-corrected chi connectivity index (χ1v) is 7.35. The fourth-order valence-corrected chi connectivity index (χ4v) is 2.10. The highest BCUT2D eigenvalue weighted by Crippen LogP contribution is 2.13. The zero-order chi connectivity index (χ0) is 15.1. The van der Waals surface area contributed by atoms with E-state index in [1.807, 2.05) is 18.9 Å². The first-order valence-electron chi connectivity index (χ1n) is 7.35. The molecule has 2 heterocycles. The maximum Gasteiger partial charge on any atom is 0.242 e. The van der Waals surface area contributed by atoms with Gasteiger partial charge >= 0.3 is 0 Å². The lowest BCUT2D eigenvalue weighted by Gasteiger charge is -2.29. The van der Waals surface area contributed by atoms with Gasteiger partial charge in [-0.1, -0.05) is 6.92 Å². The number of hydrogen-bond donors (Lipinski definition) is 1. The summed E-state index contributed by atoms with van der Waals surface area (Å²) < 4.78 is 5.46. The summed E-state index contributed by atoms with van der Waals surface area (Å²) in [6, 6.07) is 0. The number of nitrogens with one attached hydrogen (secondary N) is 1. The number of aromatic nitrogens is 2. The molecule has 0 atom stereocenters. The molecular formula is C14H23N5O2. The number of anilines is 1. The Bertz CT molecular complexity index is 462. The summed E-state index contributed by atoms with van der Waals surface area (Å²) in [6.45, 7) is 6.18. The quantitative estimate of drug-likeness (QED) is 0.804. The van der Waals surface area contributed by atoms with Gasteiger partial charge in [0, 0.05) is 33.2 Å². The lowest BCUT2D eigenvalue weighted by Crippen LogP contribution is -2.49. The first kappa shape index (κ1) is 15.5. The van der Waals surface area contributed by atoms with Crippen LogP contribution < -0.4 is 15.0 Å². The van der Waals surface area contributed by atoms with E-state index in [2.05, 4.69) is 15.3 Å². The van der Waals surface area contributed by atoms with Gasteiger partial charge in [-0.2, -0.15) is 4.98 Å². The Balaban J connectivity index is 1.92. The van der Waals surface area contributed by atoms with Gasteiger partial charge in [0.15, 0.2) is 5.82 Å². The molecule has 0 radical (unpaired) electrons. The molecule has 2 rings (SSSR count). The third-order valence-corrected chi connectivity index (χ3v) is 3.29. The molecule has 1 saturated heterocycles. The van der Waals surface area contributed by atoms with E-state index in [-0.39, 0.29) is 5.91 Å². The molecule has 0 saturated carbocycles. The fourth-order valence-electron chi connectivity index (χ4n) is 2.10. The zero-order valence-electron chi connectivity index (χ0n) is 12.7. The van der Waals surface area contributed by atoms with Crippen LogP contribution in [0.5, 0.6) is 5.88 Å². The normalized spacial score (nSPS) is 14.9. The van der Waals surface area contributed by atoms with E-state index in [1.54, 1.807) is 17.3 Å². The molecule has 0 spiro atoms. The first-order chi connectivity index (χ1) is 10.2. The van der Waals surface area contributed by atoms with E-state index in [0.717, 1.165) is 32.6 Å². The molecule has 1 fully saturated rings. The van der Waals surface area contributed by atoms with E-state index in [9.17, 15) is 4.79 Å². The van der Waals surface area contributed by atoms with Crippen molar-refractivity contribution in [2.24, 2.45) is 0 Å². The number of ether oxygens (including phenoxy) is 1. The van der Waals surface area contributed by atoms with Gasteiger partial charge in [-0.3, -0.25) is 9.78 Å². The minimum Gasteiger partial charge on any atom is -0.477 e. The molecule has 1 amide bonds. The van der Waals surface area contributed by atoms with Gasteiger partial charge in [0.05, 0.1) is 25.5 Å². The standard InChI is InChI=1S/C14H23N5O2/c1-3-8-21-13-10-16-9-12(17-13)18(2)11-14(20)19-6-4-15-5-7-19/h9-10,15H,3-8,11H2,1-2H3. The molecule has 7 nitrogen and oxygen atoms in total. The van der Waals surface area contributed by atoms with Crippen LogP contribution in [0, 0.1) is 0 Å². The Labute approximate surface area is 125 Å². The number of carbonyl (C=O) groups excluding carboxylic acids is 1. The smallest absolute Gasteiger partial charge is 0.242 e.